The predicted octanol–water partition coefficient (Wildman–Crippen LogP) is 4.94. The van der Waals surface area contributed by atoms with Crippen LogP contribution in [-0.2, 0) is 48.0 Å². The molecule has 6 heterocycles. The van der Waals surface area contributed by atoms with Gasteiger partial charge in [-0.05, 0) is 112 Å². The van der Waals surface area contributed by atoms with Crippen molar-refractivity contribution in [2.75, 3.05) is 72.0 Å². The average molecular weight is 1050 g/mol. The zero-order valence-electron chi connectivity index (χ0n) is 45.2. The fraction of sp³-hybridized carbons (Fsp3) is 0.518. The molecule has 3 aromatic heterocycles. The van der Waals surface area contributed by atoms with Gasteiger partial charge in [0.2, 0.25) is 11.8 Å². The van der Waals surface area contributed by atoms with Gasteiger partial charge in [-0.25, -0.2) is 10.2 Å². The highest BCUT2D eigenvalue weighted by atomic mass is 16.5. The molecule has 2 aromatic carbocycles. The van der Waals surface area contributed by atoms with Crippen LogP contribution < -0.4 is 21.0 Å². The zero-order valence-corrected chi connectivity index (χ0v) is 45.2. The number of cyclic esters (lactones) is 1. The predicted molar refractivity (Wildman–Crippen MR) is 287 cm³/mol. The lowest BCUT2D eigenvalue weighted by Crippen LogP contribution is -2.62. The highest BCUT2D eigenvalue weighted by Gasteiger charge is 2.40. The van der Waals surface area contributed by atoms with Crippen molar-refractivity contribution < 1.29 is 38.6 Å². The molecule has 1 aliphatic carbocycles. The molecule has 21 nitrogen and oxygen atoms in total. The van der Waals surface area contributed by atoms with Gasteiger partial charge in [0.1, 0.15) is 29.9 Å². The fourth-order valence-corrected chi connectivity index (χ4v) is 11.5. The lowest BCUT2D eigenvalue weighted by molar-refractivity contribution is -0.155. The van der Waals surface area contributed by atoms with Crippen molar-refractivity contribution in [1.29, 1.82) is 5.26 Å². The molecule has 0 spiro atoms. The van der Waals surface area contributed by atoms with Crippen LogP contribution >= 0.6 is 0 Å². The number of fused-ring (bicyclic) bond motifs is 6. The van der Waals surface area contributed by atoms with Gasteiger partial charge in [-0.15, -0.1) is 5.10 Å². The third kappa shape index (κ3) is 11.8. The second kappa shape index (κ2) is 23.1. The van der Waals surface area contributed by atoms with Crippen molar-refractivity contribution in [1.82, 2.24) is 55.4 Å². The normalized spacial score (nSPS) is 20.2. The first-order valence-electron chi connectivity index (χ1n) is 26.8. The minimum atomic E-state index is -1.22. The number of benzene rings is 2. The number of ether oxygens (including phenoxy) is 2. The maximum atomic E-state index is 14.9. The number of pyridine rings is 1. The number of aromatic hydroxyl groups is 1. The molecule has 2 saturated heterocycles. The van der Waals surface area contributed by atoms with E-state index in [2.05, 4.69) is 86.6 Å². The van der Waals surface area contributed by atoms with Gasteiger partial charge in [-0.1, -0.05) is 43.6 Å². The number of piperazine rings is 1. The third-order valence-electron chi connectivity index (χ3n) is 15.7. The number of nitrogens with zero attached hydrogens (tertiary/aromatic N) is 10. The summed E-state index contributed by atoms with van der Waals surface area (Å²) < 4.78 is 14.5. The number of amides is 4. The molecule has 77 heavy (non-hydrogen) atoms. The van der Waals surface area contributed by atoms with Gasteiger partial charge in [-0.3, -0.25) is 29.2 Å². The number of aryl methyl sites for hydroxylation is 1. The summed E-state index contributed by atoms with van der Waals surface area (Å²) in [6, 6.07) is 11.6. The molecule has 9 rings (SSSR count). The van der Waals surface area contributed by atoms with Crippen molar-refractivity contribution in [3.05, 3.63) is 77.4 Å². The quantitative estimate of drug-likeness (QED) is 0.128. The number of esters is 1. The second-order valence-electron chi connectivity index (χ2n) is 21.8. The van der Waals surface area contributed by atoms with Crippen molar-refractivity contribution in [2.45, 2.75) is 110 Å². The number of nitriles is 1. The molecule has 6 bridgehead atoms. The molecular formula is C56H71N13O8. The molecule has 4 amide bonds. The monoisotopic (exact) mass is 1050 g/mol. The summed E-state index contributed by atoms with van der Waals surface area (Å²) in [5.41, 5.74) is 10.4. The number of carbonyl (C=O) groups is 5. The number of phenolic OH excluding ortho intramolecular Hbond substituents is 1. The molecule has 4 atom stereocenters. The van der Waals surface area contributed by atoms with Gasteiger partial charge in [0.05, 0.1) is 48.7 Å². The molecule has 0 radical (unpaired) electrons. The highest BCUT2D eigenvalue weighted by molar-refractivity contribution is 5.96. The van der Waals surface area contributed by atoms with E-state index in [0.29, 0.717) is 54.6 Å². The van der Waals surface area contributed by atoms with Gasteiger partial charge < -0.3 is 44.5 Å². The number of methoxy groups -OCH3 is 1. The average Bonchev–Trinajstić information content (AvgIpc) is 4.32. The van der Waals surface area contributed by atoms with E-state index in [-0.39, 0.29) is 43.0 Å². The van der Waals surface area contributed by atoms with Crippen LogP contribution in [0.3, 0.4) is 0 Å². The van der Waals surface area contributed by atoms with Gasteiger partial charge in [0.15, 0.2) is 5.69 Å². The van der Waals surface area contributed by atoms with Crippen molar-refractivity contribution in [3.8, 4) is 34.2 Å². The number of hydrogen-bond donors (Lipinski definition) is 4. The largest absolute Gasteiger partial charge is 0.508 e. The number of nitrogens with one attached hydrogen (secondary N) is 3. The molecule has 1 saturated carbocycles. The van der Waals surface area contributed by atoms with Crippen LogP contribution in [-0.4, -0.2) is 159 Å². The smallest absolute Gasteiger partial charge is 0.359 e. The van der Waals surface area contributed by atoms with Crippen LogP contribution in [0.5, 0.6) is 5.75 Å². The SMILES string of the molecule is CCn1c(-c2cc(N3CCN(C)CC3)cnc2[C@H](C)OC)c2c3cc(ccc31)-c1cc(O)cc(c1)C[C@H](NC(=O)[C@H](C1CCCC1)N(C)C(=O)CNC(=O)n1ncc(C#N)n1)C(=O)N1CCC[C@H](N1)C(=O)OCC(C)(C)C2. The van der Waals surface area contributed by atoms with E-state index in [1.807, 2.05) is 25.3 Å². The summed E-state index contributed by atoms with van der Waals surface area (Å²) >= 11 is 0. The van der Waals surface area contributed by atoms with Gasteiger partial charge in [-0.2, -0.15) is 10.4 Å². The maximum Gasteiger partial charge on any atom is 0.359 e. The topological polar surface area (TPSA) is 245 Å². The Balaban J connectivity index is 1.11. The third-order valence-corrected chi connectivity index (χ3v) is 15.7. The summed E-state index contributed by atoms with van der Waals surface area (Å²) in [4.78, 5) is 82.4. The number of hydrazine groups is 1. The Hall–Kier alpha value is -7.41. The van der Waals surface area contributed by atoms with Gasteiger partial charge >= 0.3 is 12.0 Å². The minimum Gasteiger partial charge on any atom is -0.508 e. The number of aromatic nitrogens is 5. The summed E-state index contributed by atoms with van der Waals surface area (Å²) in [6.07, 6.45) is 7.08. The Morgan fingerprint density at radius 3 is 2.49 bits per heavy atom. The van der Waals surface area contributed by atoms with Crippen LogP contribution in [0, 0.1) is 22.7 Å². The second-order valence-corrected chi connectivity index (χ2v) is 21.8. The van der Waals surface area contributed by atoms with Crippen LogP contribution in [0.2, 0.25) is 0 Å². The number of carbonyl (C=O) groups excluding carboxylic acids is 5. The first-order valence-corrected chi connectivity index (χ1v) is 26.8. The molecule has 408 valence electrons. The van der Waals surface area contributed by atoms with E-state index in [0.717, 1.165) is 89.9 Å². The highest BCUT2D eigenvalue weighted by Crippen LogP contribution is 2.43. The molecule has 3 fully saturated rings. The first kappa shape index (κ1) is 54.4. The number of likely N-dealkylation sites (N-methyl/N-ethyl adjacent to an activating group) is 2. The molecular weight excluding hydrogens is 983 g/mol. The van der Waals surface area contributed by atoms with Crippen molar-refractivity contribution in [3.63, 3.8) is 0 Å². The lowest BCUT2D eigenvalue weighted by atomic mass is 9.84. The Morgan fingerprint density at radius 1 is 1.01 bits per heavy atom. The Bertz CT molecular complexity index is 3080. The van der Waals surface area contributed by atoms with Gasteiger partial charge in [0.25, 0.3) is 5.91 Å². The van der Waals surface area contributed by atoms with Crippen molar-refractivity contribution in [2.24, 2.45) is 11.3 Å². The first-order chi connectivity index (χ1) is 36.9. The van der Waals surface area contributed by atoms with Crippen LogP contribution in [0.25, 0.3) is 33.3 Å². The standard InChI is InChI=1S/C56H71N13O8/c1-8-67-47-16-15-37-26-42(47)44(51(67)43-27-40(31-58-49(43)34(2)76-7)66-20-18-64(5)19-21-66)28-56(3,4)33-77-54(74)45-14-11-17-68(63-45)53(73)46(24-35-22-38(37)25-41(70)23-35)61-52(72)50(36-12-9-10-13-36)65(6)48(71)32-59-55(75)69-60-30-39(29-57)62-69/h15-16,22-23,25-27,30-31,34,36,45-46,50,63,70H,8-14,17-21,24,28,32-33H2,1-7H3,(H,59,75)(H,61,72)/t34-,45-,46-,50-/m0/s1. The molecule has 4 aliphatic rings. The van der Waals surface area contributed by atoms with E-state index < -0.39 is 59.8 Å². The molecule has 5 aromatic rings. The summed E-state index contributed by atoms with van der Waals surface area (Å²) in [7, 11) is 5.33. The summed E-state index contributed by atoms with van der Waals surface area (Å²) in [5, 5.41) is 36.0. The fourth-order valence-electron chi connectivity index (χ4n) is 11.5. The van der Waals surface area contributed by atoms with E-state index in [4.69, 9.17) is 19.7 Å². The Labute approximate surface area is 448 Å². The van der Waals surface area contributed by atoms with Gasteiger partial charge in [0, 0.05) is 81.7 Å². The van der Waals surface area contributed by atoms with Crippen LogP contribution in [0.4, 0.5) is 10.5 Å². The molecule has 4 N–H and O–H groups in total. The number of phenols is 1. The maximum absolute atomic E-state index is 14.9. The minimum absolute atomic E-state index is 0.0352. The lowest BCUT2D eigenvalue weighted by Gasteiger charge is -2.37. The molecule has 0 unspecified atom stereocenters. The number of hydrogen-bond acceptors (Lipinski definition) is 15. The van der Waals surface area contributed by atoms with E-state index in [9.17, 15) is 29.1 Å². The van der Waals surface area contributed by atoms with Crippen molar-refractivity contribution >= 4 is 46.3 Å². The zero-order chi connectivity index (χ0) is 54.7. The summed E-state index contributed by atoms with van der Waals surface area (Å²) in [6.45, 7) is 12.4. The van der Waals surface area contributed by atoms with E-state index in [1.165, 1.54) is 17.0 Å². The molecule has 21 heteroatoms. The molecule has 3 aliphatic heterocycles. The summed E-state index contributed by atoms with van der Waals surface area (Å²) in [5.74, 6) is -2.44. The van der Waals surface area contributed by atoms with E-state index in [1.54, 1.807) is 25.3 Å². The Morgan fingerprint density at radius 2 is 1.78 bits per heavy atom. The number of anilines is 1. The van der Waals surface area contributed by atoms with Crippen LogP contribution in [0.15, 0.2) is 54.9 Å². The number of rotatable bonds is 11. The van der Waals surface area contributed by atoms with Crippen LogP contribution in [0.1, 0.15) is 94.8 Å². The van der Waals surface area contributed by atoms with E-state index >= 15 is 0 Å². The Kier molecular flexibility index (Phi) is 16.3.